The van der Waals surface area contributed by atoms with Gasteiger partial charge in [0.25, 0.3) is 0 Å². The highest BCUT2D eigenvalue weighted by molar-refractivity contribution is 4.79. The Balaban J connectivity index is 1.60. The van der Waals surface area contributed by atoms with E-state index in [1.54, 1.807) is 0 Å². The van der Waals surface area contributed by atoms with Gasteiger partial charge < -0.3 is 10.6 Å². The molecule has 0 amide bonds. The first-order valence-corrected chi connectivity index (χ1v) is 5.89. The molecule has 1 aliphatic heterocycles. The fourth-order valence-electron chi connectivity index (χ4n) is 2.55. The van der Waals surface area contributed by atoms with Gasteiger partial charge in [-0.3, -0.25) is 0 Å². The number of hydrogen-bond acceptors (Lipinski definition) is 2. The first-order chi connectivity index (χ1) is 6.45. The lowest BCUT2D eigenvalue weighted by Crippen LogP contribution is -2.35. The van der Waals surface area contributed by atoms with Gasteiger partial charge in [-0.05, 0) is 38.3 Å². The van der Waals surface area contributed by atoms with E-state index in [1.165, 1.54) is 58.2 Å². The first kappa shape index (κ1) is 9.47. The molecule has 1 aliphatic carbocycles. The third-order valence-electron chi connectivity index (χ3n) is 3.48. The van der Waals surface area contributed by atoms with Crippen molar-refractivity contribution in [3.05, 3.63) is 0 Å². The quantitative estimate of drug-likeness (QED) is 0.691. The molecule has 13 heavy (non-hydrogen) atoms. The van der Waals surface area contributed by atoms with Gasteiger partial charge in [0.15, 0.2) is 0 Å². The van der Waals surface area contributed by atoms with Crippen molar-refractivity contribution in [3.8, 4) is 0 Å². The molecule has 1 atom stereocenters. The number of nitrogens with one attached hydrogen (secondary N) is 2. The maximum atomic E-state index is 3.69. The van der Waals surface area contributed by atoms with Crippen molar-refractivity contribution in [1.82, 2.24) is 10.6 Å². The Hall–Kier alpha value is -0.0800. The Kier molecular flexibility index (Phi) is 3.62. The molecule has 1 saturated heterocycles. The molecule has 2 fully saturated rings. The molecular formula is C11H22N2. The van der Waals surface area contributed by atoms with Gasteiger partial charge in [0.05, 0.1) is 0 Å². The van der Waals surface area contributed by atoms with Crippen LogP contribution in [-0.4, -0.2) is 25.7 Å². The fraction of sp³-hybridized carbons (Fsp3) is 1.00. The van der Waals surface area contributed by atoms with Crippen molar-refractivity contribution in [1.29, 1.82) is 0 Å². The molecule has 2 aliphatic rings. The van der Waals surface area contributed by atoms with Crippen molar-refractivity contribution >= 4 is 0 Å². The monoisotopic (exact) mass is 182 g/mol. The van der Waals surface area contributed by atoms with Crippen LogP contribution < -0.4 is 10.6 Å². The minimum Gasteiger partial charge on any atom is -0.315 e. The van der Waals surface area contributed by atoms with Crippen LogP contribution in [0.3, 0.4) is 0 Å². The molecule has 76 valence electrons. The van der Waals surface area contributed by atoms with Crippen LogP contribution in [0.2, 0.25) is 0 Å². The van der Waals surface area contributed by atoms with Gasteiger partial charge >= 0.3 is 0 Å². The van der Waals surface area contributed by atoms with Crippen molar-refractivity contribution in [3.63, 3.8) is 0 Å². The highest BCUT2D eigenvalue weighted by Crippen LogP contribution is 2.22. The van der Waals surface area contributed by atoms with Crippen LogP contribution in [0.25, 0.3) is 0 Å². The van der Waals surface area contributed by atoms with E-state index in [9.17, 15) is 0 Å². The second-order valence-corrected chi connectivity index (χ2v) is 4.60. The molecule has 1 saturated carbocycles. The summed E-state index contributed by atoms with van der Waals surface area (Å²) >= 11 is 0. The molecule has 0 bridgehead atoms. The summed E-state index contributed by atoms with van der Waals surface area (Å²) in [5.74, 6) is 0.981. The second-order valence-electron chi connectivity index (χ2n) is 4.60. The van der Waals surface area contributed by atoms with Crippen molar-refractivity contribution < 1.29 is 0 Å². The number of hydrogen-bond donors (Lipinski definition) is 2. The molecule has 1 heterocycles. The lowest BCUT2D eigenvalue weighted by Gasteiger charge is -2.23. The van der Waals surface area contributed by atoms with E-state index in [2.05, 4.69) is 10.6 Å². The van der Waals surface area contributed by atoms with Gasteiger partial charge in [0, 0.05) is 12.6 Å². The van der Waals surface area contributed by atoms with Crippen molar-refractivity contribution in [2.75, 3.05) is 19.6 Å². The molecule has 2 nitrogen and oxygen atoms in total. The topological polar surface area (TPSA) is 24.1 Å². The van der Waals surface area contributed by atoms with Crippen LogP contribution in [0.4, 0.5) is 0 Å². The third-order valence-corrected chi connectivity index (χ3v) is 3.48. The smallest absolute Gasteiger partial charge is 0.0204 e. The zero-order valence-electron chi connectivity index (χ0n) is 8.52. The van der Waals surface area contributed by atoms with E-state index in [0.717, 1.165) is 12.0 Å². The fourth-order valence-corrected chi connectivity index (χ4v) is 2.55. The summed E-state index contributed by atoms with van der Waals surface area (Å²) in [6.07, 6.45) is 8.67. The van der Waals surface area contributed by atoms with Crippen molar-refractivity contribution in [2.24, 2.45) is 5.92 Å². The van der Waals surface area contributed by atoms with Gasteiger partial charge in [-0.1, -0.05) is 19.3 Å². The Bertz CT molecular complexity index is 135. The zero-order valence-corrected chi connectivity index (χ0v) is 8.52. The molecule has 0 aromatic carbocycles. The van der Waals surface area contributed by atoms with E-state index in [4.69, 9.17) is 0 Å². The summed E-state index contributed by atoms with van der Waals surface area (Å²) in [4.78, 5) is 0. The largest absolute Gasteiger partial charge is 0.315 e. The Morgan fingerprint density at radius 1 is 1.08 bits per heavy atom. The lowest BCUT2D eigenvalue weighted by molar-refractivity contribution is 0.330. The molecule has 0 aromatic heterocycles. The summed E-state index contributed by atoms with van der Waals surface area (Å²) in [5.41, 5.74) is 0. The zero-order chi connectivity index (χ0) is 8.93. The highest BCUT2D eigenvalue weighted by Gasteiger charge is 2.17. The molecule has 0 aromatic rings. The van der Waals surface area contributed by atoms with Crippen molar-refractivity contribution in [2.45, 2.75) is 44.6 Å². The maximum Gasteiger partial charge on any atom is 0.0204 e. The van der Waals surface area contributed by atoms with Crippen LogP contribution in [0, 0.1) is 5.92 Å². The molecule has 0 radical (unpaired) electrons. The summed E-state index contributed by atoms with van der Waals surface area (Å²) in [5, 5.41) is 7.09. The summed E-state index contributed by atoms with van der Waals surface area (Å²) in [7, 11) is 0. The summed E-state index contributed by atoms with van der Waals surface area (Å²) in [6.45, 7) is 3.67. The normalized spacial score (nSPS) is 30.9. The van der Waals surface area contributed by atoms with E-state index in [-0.39, 0.29) is 0 Å². The van der Waals surface area contributed by atoms with E-state index < -0.39 is 0 Å². The Morgan fingerprint density at radius 2 is 1.92 bits per heavy atom. The average molecular weight is 182 g/mol. The minimum atomic E-state index is 0.766. The lowest BCUT2D eigenvalue weighted by atomic mass is 9.89. The molecule has 1 unspecified atom stereocenters. The highest BCUT2D eigenvalue weighted by atomic mass is 15.0. The molecule has 2 N–H and O–H groups in total. The molecular weight excluding hydrogens is 160 g/mol. The van der Waals surface area contributed by atoms with Crippen LogP contribution in [0.5, 0.6) is 0 Å². The average Bonchev–Trinajstić information content (AvgIpc) is 2.69. The van der Waals surface area contributed by atoms with Crippen LogP contribution >= 0.6 is 0 Å². The van der Waals surface area contributed by atoms with Gasteiger partial charge in [-0.25, -0.2) is 0 Å². The predicted octanol–water partition coefficient (Wildman–Crippen LogP) is 1.52. The van der Waals surface area contributed by atoms with Gasteiger partial charge in [-0.2, -0.15) is 0 Å². The van der Waals surface area contributed by atoms with E-state index >= 15 is 0 Å². The van der Waals surface area contributed by atoms with Gasteiger partial charge in [0.2, 0.25) is 0 Å². The molecule has 0 spiro atoms. The first-order valence-electron chi connectivity index (χ1n) is 5.89. The van der Waals surface area contributed by atoms with E-state index in [0.29, 0.717) is 0 Å². The molecule has 2 heteroatoms. The van der Waals surface area contributed by atoms with Gasteiger partial charge in [0.1, 0.15) is 0 Å². The standard InChI is InChI=1S/C11H22N2/c1-2-4-10(5-3-1)8-13-11-6-7-12-9-11/h10-13H,1-9H2. The SMILES string of the molecule is C1CCC(CNC2CCNC2)CC1. The Morgan fingerprint density at radius 3 is 2.62 bits per heavy atom. The van der Waals surface area contributed by atoms with Crippen LogP contribution in [0.1, 0.15) is 38.5 Å². The predicted molar refractivity (Wildman–Crippen MR) is 55.9 cm³/mol. The minimum absolute atomic E-state index is 0.766. The Labute approximate surface area is 81.5 Å². The summed E-state index contributed by atoms with van der Waals surface area (Å²) < 4.78 is 0. The summed E-state index contributed by atoms with van der Waals surface area (Å²) in [6, 6.07) is 0.766. The van der Waals surface area contributed by atoms with Gasteiger partial charge in [-0.15, -0.1) is 0 Å². The van der Waals surface area contributed by atoms with E-state index in [1.807, 2.05) is 0 Å². The van der Waals surface area contributed by atoms with Crippen LogP contribution in [-0.2, 0) is 0 Å². The molecule has 2 rings (SSSR count). The third kappa shape index (κ3) is 2.96. The maximum absolute atomic E-state index is 3.69. The second kappa shape index (κ2) is 4.97. The van der Waals surface area contributed by atoms with Crippen LogP contribution in [0.15, 0.2) is 0 Å². The number of rotatable bonds is 3.